The fourth-order valence-corrected chi connectivity index (χ4v) is 2.00. The van der Waals surface area contributed by atoms with E-state index in [2.05, 4.69) is 6.58 Å². The van der Waals surface area contributed by atoms with Crippen molar-refractivity contribution in [1.29, 1.82) is 0 Å². The summed E-state index contributed by atoms with van der Waals surface area (Å²) in [5.74, 6) is -1.17. The van der Waals surface area contributed by atoms with Crippen molar-refractivity contribution in [3.8, 4) is 11.5 Å². The first kappa shape index (κ1) is 17.3. The number of esters is 1. The molecular formula is C19H18O5. The lowest BCUT2D eigenvalue weighted by molar-refractivity contribution is -0.156. The highest BCUT2D eigenvalue weighted by Gasteiger charge is 2.19. The monoisotopic (exact) mass is 326 g/mol. The molecule has 2 aromatic carbocycles. The fourth-order valence-electron chi connectivity index (χ4n) is 2.00. The summed E-state index contributed by atoms with van der Waals surface area (Å²) >= 11 is 0. The summed E-state index contributed by atoms with van der Waals surface area (Å²) in [5.41, 5.74) is 0.798. The number of benzene rings is 2. The second-order valence-electron chi connectivity index (χ2n) is 5.22. The summed E-state index contributed by atoms with van der Waals surface area (Å²) in [6.45, 7) is 6.50. The molecule has 1 unspecified atom stereocenters. The molecule has 0 spiro atoms. The number of hydrogen-bond donors (Lipinski definition) is 1. The minimum Gasteiger partial charge on any atom is -0.504 e. The van der Waals surface area contributed by atoms with Gasteiger partial charge < -0.3 is 14.6 Å². The first-order valence-electron chi connectivity index (χ1n) is 7.35. The van der Waals surface area contributed by atoms with Crippen molar-refractivity contribution in [1.82, 2.24) is 0 Å². The Labute approximate surface area is 140 Å². The zero-order valence-electron chi connectivity index (χ0n) is 13.5. The van der Waals surface area contributed by atoms with Crippen LogP contribution in [0, 0.1) is 0 Å². The molecule has 0 aliphatic rings. The Bertz CT molecular complexity index is 765. The average Bonchev–Trinajstić information content (AvgIpc) is 2.56. The largest absolute Gasteiger partial charge is 0.504 e. The first-order valence-corrected chi connectivity index (χ1v) is 7.35. The summed E-state index contributed by atoms with van der Waals surface area (Å²) < 4.78 is 10.4. The Morgan fingerprint density at radius 1 is 1.08 bits per heavy atom. The van der Waals surface area contributed by atoms with Gasteiger partial charge in [0, 0.05) is 18.1 Å². The van der Waals surface area contributed by atoms with Gasteiger partial charge in [0.25, 0.3) is 0 Å². The molecule has 1 atom stereocenters. The van der Waals surface area contributed by atoms with Gasteiger partial charge in [-0.3, -0.25) is 4.79 Å². The molecule has 0 bridgehead atoms. The van der Waals surface area contributed by atoms with E-state index in [-0.39, 0.29) is 28.4 Å². The standard InChI is InChI=1S/C19H18O5/c1-12(2)19(22)24-13(3)23-16-11-7-10-15(18(16)21)17(20)14-8-5-4-6-9-14/h4-11,13,21H,1H2,2-3H3. The van der Waals surface area contributed by atoms with E-state index in [1.165, 1.54) is 26.0 Å². The highest BCUT2D eigenvalue weighted by Crippen LogP contribution is 2.32. The lowest BCUT2D eigenvalue weighted by atomic mass is 10.0. The summed E-state index contributed by atoms with van der Waals surface area (Å²) in [6, 6.07) is 13.2. The molecule has 0 aliphatic heterocycles. The number of rotatable bonds is 6. The highest BCUT2D eigenvalue weighted by atomic mass is 16.7. The summed E-state index contributed by atoms with van der Waals surface area (Å²) in [5, 5.41) is 10.3. The lowest BCUT2D eigenvalue weighted by Gasteiger charge is -2.17. The Morgan fingerprint density at radius 3 is 2.38 bits per heavy atom. The molecule has 0 saturated heterocycles. The van der Waals surface area contributed by atoms with Gasteiger partial charge in [0.2, 0.25) is 6.29 Å². The molecule has 0 radical (unpaired) electrons. The third-order valence-electron chi connectivity index (χ3n) is 3.19. The van der Waals surface area contributed by atoms with E-state index in [0.29, 0.717) is 5.56 Å². The molecule has 5 nitrogen and oxygen atoms in total. The van der Waals surface area contributed by atoms with E-state index in [9.17, 15) is 14.7 Å². The number of para-hydroxylation sites is 1. The van der Waals surface area contributed by atoms with Crippen molar-refractivity contribution in [3.63, 3.8) is 0 Å². The molecule has 0 heterocycles. The zero-order chi connectivity index (χ0) is 17.7. The van der Waals surface area contributed by atoms with E-state index in [0.717, 1.165) is 0 Å². The van der Waals surface area contributed by atoms with Crippen LogP contribution in [0.4, 0.5) is 0 Å². The molecule has 0 amide bonds. The molecule has 0 aliphatic carbocycles. The van der Waals surface area contributed by atoms with Gasteiger partial charge in [-0.15, -0.1) is 0 Å². The number of carbonyl (C=O) groups excluding carboxylic acids is 2. The SMILES string of the molecule is C=C(C)C(=O)OC(C)Oc1cccc(C(=O)c2ccccc2)c1O. The normalized spacial score (nSPS) is 11.4. The van der Waals surface area contributed by atoms with Crippen LogP contribution in [-0.2, 0) is 9.53 Å². The van der Waals surface area contributed by atoms with E-state index in [1.807, 2.05) is 0 Å². The van der Waals surface area contributed by atoms with Crippen molar-refractivity contribution in [2.45, 2.75) is 20.1 Å². The third kappa shape index (κ3) is 4.01. The number of ketones is 1. The van der Waals surface area contributed by atoms with Crippen LogP contribution in [0.3, 0.4) is 0 Å². The summed E-state index contributed by atoms with van der Waals surface area (Å²) in [6.07, 6.45) is -0.942. The number of hydrogen-bond acceptors (Lipinski definition) is 5. The number of phenolic OH excluding ortho intramolecular Hbond substituents is 1. The van der Waals surface area contributed by atoms with Crippen molar-refractivity contribution >= 4 is 11.8 Å². The zero-order valence-corrected chi connectivity index (χ0v) is 13.5. The molecule has 2 rings (SSSR count). The lowest BCUT2D eigenvalue weighted by Crippen LogP contribution is -2.21. The summed E-state index contributed by atoms with van der Waals surface area (Å²) in [4.78, 5) is 23.9. The van der Waals surface area contributed by atoms with Crippen LogP contribution < -0.4 is 4.74 Å². The number of ether oxygens (including phenoxy) is 2. The molecule has 0 saturated carbocycles. The van der Waals surface area contributed by atoms with E-state index >= 15 is 0 Å². The fraction of sp³-hybridized carbons (Fsp3) is 0.158. The number of phenols is 1. The summed E-state index contributed by atoms with van der Waals surface area (Å²) in [7, 11) is 0. The van der Waals surface area contributed by atoms with Gasteiger partial charge in [-0.05, 0) is 19.1 Å². The minimum atomic E-state index is -0.942. The Morgan fingerprint density at radius 2 is 1.75 bits per heavy atom. The second kappa shape index (κ2) is 7.46. The smallest absolute Gasteiger partial charge is 0.336 e. The van der Waals surface area contributed by atoms with Crippen molar-refractivity contribution in [3.05, 3.63) is 71.8 Å². The molecule has 2 aromatic rings. The quantitative estimate of drug-likeness (QED) is 0.381. The van der Waals surface area contributed by atoms with Gasteiger partial charge in [-0.2, -0.15) is 0 Å². The topological polar surface area (TPSA) is 72.8 Å². The van der Waals surface area contributed by atoms with Crippen LogP contribution >= 0.6 is 0 Å². The third-order valence-corrected chi connectivity index (χ3v) is 3.19. The molecule has 24 heavy (non-hydrogen) atoms. The molecule has 1 N–H and O–H groups in total. The molecule has 0 fully saturated rings. The maximum Gasteiger partial charge on any atom is 0.336 e. The predicted molar refractivity (Wildman–Crippen MR) is 89.0 cm³/mol. The van der Waals surface area contributed by atoms with Crippen LogP contribution in [0.2, 0.25) is 0 Å². The Balaban J connectivity index is 2.20. The minimum absolute atomic E-state index is 0.0544. The molecular weight excluding hydrogens is 308 g/mol. The van der Waals surface area contributed by atoms with Gasteiger partial charge in [0.15, 0.2) is 17.3 Å². The first-order chi connectivity index (χ1) is 11.4. The van der Waals surface area contributed by atoms with Crippen LogP contribution in [-0.4, -0.2) is 23.1 Å². The predicted octanol–water partition coefficient (Wildman–Crippen LogP) is 3.47. The van der Waals surface area contributed by atoms with Gasteiger partial charge in [-0.1, -0.05) is 43.0 Å². The van der Waals surface area contributed by atoms with Gasteiger partial charge in [0.1, 0.15) is 0 Å². The Hall–Kier alpha value is -3.08. The van der Waals surface area contributed by atoms with Crippen LogP contribution in [0.1, 0.15) is 29.8 Å². The van der Waals surface area contributed by atoms with E-state index < -0.39 is 12.3 Å². The van der Waals surface area contributed by atoms with Crippen molar-refractivity contribution < 1.29 is 24.2 Å². The van der Waals surface area contributed by atoms with Gasteiger partial charge in [-0.25, -0.2) is 4.79 Å². The van der Waals surface area contributed by atoms with Crippen molar-refractivity contribution in [2.24, 2.45) is 0 Å². The van der Waals surface area contributed by atoms with E-state index in [4.69, 9.17) is 9.47 Å². The van der Waals surface area contributed by atoms with Crippen LogP contribution in [0.25, 0.3) is 0 Å². The highest BCUT2D eigenvalue weighted by molar-refractivity contribution is 6.11. The molecule has 124 valence electrons. The maximum atomic E-state index is 12.5. The van der Waals surface area contributed by atoms with Crippen LogP contribution in [0.5, 0.6) is 11.5 Å². The Kier molecular flexibility index (Phi) is 5.37. The van der Waals surface area contributed by atoms with Crippen LogP contribution in [0.15, 0.2) is 60.7 Å². The van der Waals surface area contributed by atoms with Crippen molar-refractivity contribution in [2.75, 3.05) is 0 Å². The number of aromatic hydroxyl groups is 1. The van der Waals surface area contributed by atoms with E-state index in [1.54, 1.807) is 36.4 Å². The molecule has 5 heteroatoms. The second-order valence-corrected chi connectivity index (χ2v) is 5.22. The van der Waals surface area contributed by atoms with Gasteiger partial charge in [0.05, 0.1) is 5.56 Å². The number of carbonyl (C=O) groups is 2. The van der Waals surface area contributed by atoms with Gasteiger partial charge >= 0.3 is 5.97 Å². The maximum absolute atomic E-state index is 12.5. The molecule has 0 aromatic heterocycles. The average molecular weight is 326 g/mol.